The number of nitrogens with one attached hydrogen (secondary N) is 2. The number of hydrogen-bond donors (Lipinski definition) is 2. The highest BCUT2D eigenvalue weighted by molar-refractivity contribution is 5.72. The van der Waals surface area contributed by atoms with E-state index in [4.69, 9.17) is 9.68 Å². The van der Waals surface area contributed by atoms with E-state index in [1.807, 2.05) is 30.3 Å². The van der Waals surface area contributed by atoms with Crippen LogP contribution in [-0.2, 0) is 0 Å². The van der Waals surface area contributed by atoms with E-state index in [2.05, 4.69) is 52.7 Å². The maximum Gasteiger partial charge on any atom is 0.229 e. The maximum atomic E-state index is 8.90. The maximum absolute atomic E-state index is 8.90. The summed E-state index contributed by atoms with van der Waals surface area (Å²) in [5, 5.41) is 15.4. The molecule has 6 heteroatoms. The van der Waals surface area contributed by atoms with E-state index in [1.54, 1.807) is 24.6 Å². The Morgan fingerprint density at radius 1 is 0.966 bits per heavy atom. The monoisotopic (exact) mass is 381 g/mol. The van der Waals surface area contributed by atoms with Gasteiger partial charge in [0, 0.05) is 23.1 Å². The molecule has 0 spiro atoms. The van der Waals surface area contributed by atoms with Gasteiger partial charge < -0.3 is 15.1 Å². The molecule has 0 aliphatic carbocycles. The van der Waals surface area contributed by atoms with Gasteiger partial charge in [0.05, 0.1) is 17.9 Å². The van der Waals surface area contributed by atoms with Crippen molar-refractivity contribution in [2.75, 3.05) is 10.6 Å². The van der Waals surface area contributed by atoms with Crippen molar-refractivity contribution in [1.29, 1.82) is 5.26 Å². The van der Waals surface area contributed by atoms with Crippen LogP contribution >= 0.6 is 0 Å². The van der Waals surface area contributed by atoms with Crippen molar-refractivity contribution in [3.05, 3.63) is 83.7 Å². The highest BCUT2D eigenvalue weighted by atomic mass is 16.3. The summed E-state index contributed by atoms with van der Waals surface area (Å²) >= 11 is 0. The van der Waals surface area contributed by atoms with Gasteiger partial charge in [-0.05, 0) is 79.6 Å². The highest BCUT2D eigenvalue weighted by Gasteiger charge is 2.10. The summed E-state index contributed by atoms with van der Waals surface area (Å²) in [6.45, 7) is 4.11. The van der Waals surface area contributed by atoms with Gasteiger partial charge in [0.15, 0.2) is 0 Å². The highest BCUT2D eigenvalue weighted by Crippen LogP contribution is 2.30. The van der Waals surface area contributed by atoms with Crippen molar-refractivity contribution >= 4 is 23.1 Å². The summed E-state index contributed by atoms with van der Waals surface area (Å²) in [7, 11) is 0. The van der Waals surface area contributed by atoms with Crippen LogP contribution in [0.1, 0.15) is 16.7 Å². The van der Waals surface area contributed by atoms with Crippen LogP contribution in [0.2, 0.25) is 0 Å². The van der Waals surface area contributed by atoms with Crippen molar-refractivity contribution < 1.29 is 4.42 Å². The number of nitrogens with zero attached hydrogens (tertiary/aromatic N) is 3. The molecule has 6 nitrogen and oxygen atoms in total. The normalized spacial score (nSPS) is 10.4. The summed E-state index contributed by atoms with van der Waals surface area (Å²) in [4.78, 5) is 8.82. The van der Waals surface area contributed by atoms with Crippen molar-refractivity contribution in [2.24, 2.45) is 0 Å². The third-order valence-electron chi connectivity index (χ3n) is 4.52. The Morgan fingerprint density at radius 3 is 2.38 bits per heavy atom. The molecule has 0 aliphatic rings. The summed E-state index contributed by atoms with van der Waals surface area (Å²) in [6, 6.07) is 19.1. The minimum atomic E-state index is 0.474. The molecule has 0 fully saturated rings. The van der Waals surface area contributed by atoms with E-state index >= 15 is 0 Å². The molecular formula is C23H19N5O. The van der Waals surface area contributed by atoms with Crippen LogP contribution in [0.5, 0.6) is 0 Å². The number of aromatic nitrogens is 2. The largest absolute Gasteiger partial charge is 0.464 e. The van der Waals surface area contributed by atoms with Crippen LogP contribution in [0.25, 0.3) is 11.3 Å². The first-order valence-electron chi connectivity index (χ1n) is 9.15. The van der Waals surface area contributed by atoms with Crippen LogP contribution in [-0.4, -0.2) is 9.97 Å². The lowest BCUT2D eigenvalue weighted by molar-refractivity contribution is 0.582. The SMILES string of the molecule is Cc1cc(-c2ccco2)cc(C)c1Nc1ccnc(Nc2ccc(C#N)cc2)n1. The first-order chi connectivity index (χ1) is 14.1. The molecule has 2 N–H and O–H groups in total. The molecule has 142 valence electrons. The smallest absolute Gasteiger partial charge is 0.229 e. The van der Waals surface area contributed by atoms with Gasteiger partial charge in [-0.3, -0.25) is 0 Å². The summed E-state index contributed by atoms with van der Waals surface area (Å²) in [5.74, 6) is 2.01. The van der Waals surface area contributed by atoms with Crippen LogP contribution in [0.15, 0.2) is 71.5 Å². The summed E-state index contributed by atoms with van der Waals surface area (Å²) in [6.07, 6.45) is 3.37. The lowest BCUT2D eigenvalue weighted by Gasteiger charge is -2.14. The predicted octanol–water partition coefficient (Wildman–Crippen LogP) is 5.71. The van der Waals surface area contributed by atoms with Crippen LogP contribution in [0, 0.1) is 25.2 Å². The van der Waals surface area contributed by atoms with Gasteiger partial charge in [-0.1, -0.05) is 0 Å². The van der Waals surface area contributed by atoms with E-state index in [-0.39, 0.29) is 0 Å². The van der Waals surface area contributed by atoms with Crippen molar-refractivity contribution in [2.45, 2.75) is 13.8 Å². The second-order valence-corrected chi connectivity index (χ2v) is 6.67. The number of hydrogen-bond acceptors (Lipinski definition) is 6. The average Bonchev–Trinajstić information content (AvgIpc) is 3.26. The van der Waals surface area contributed by atoms with E-state index in [9.17, 15) is 0 Å². The van der Waals surface area contributed by atoms with Gasteiger partial charge in [-0.15, -0.1) is 0 Å². The number of nitriles is 1. The summed E-state index contributed by atoms with van der Waals surface area (Å²) in [5.41, 5.74) is 5.66. The Labute approximate surface area is 168 Å². The molecule has 0 amide bonds. The number of aryl methyl sites for hydroxylation is 2. The number of rotatable bonds is 5. The predicted molar refractivity (Wildman–Crippen MR) is 113 cm³/mol. The number of anilines is 4. The van der Waals surface area contributed by atoms with Gasteiger partial charge in [0.2, 0.25) is 5.95 Å². The zero-order chi connectivity index (χ0) is 20.2. The van der Waals surface area contributed by atoms with Crippen LogP contribution < -0.4 is 10.6 Å². The van der Waals surface area contributed by atoms with Crippen LogP contribution in [0.4, 0.5) is 23.1 Å². The van der Waals surface area contributed by atoms with Gasteiger partial charge in [-0.2, -0.15) is 10.2 Å². The van der Waals surface area contributed by atoms with Crippen LogP contribution in [0.3, 0.4) is 0 Å². The van der Waals surface area contributed by atoms with Gasteiger partial charge in [0.1, 0.15) is 11.6 Å². The molecule has 0 saturated heterocycles. The molecule has 4 aromatic rings. The minimum Gasteiger partial charge on any atom is -0.464 e. The lowest BCUT2D eigenvalue weighted by Crippen LogP contribution is -2.02. The minimum absolute atomic E-state index is 0.474. The molecule has 0 radical (unpaired) electrons. The number of benzene rings is 2. The van der Waals surface area contributed by atoms with E-state index in [0.717, 1.165) is 33.8 Å². The topological polar surface area (TPSA) is 86.8 Å². The Kier molecular flexibility index (Phi) is 4.95. The van der Waals surface area contributed by atoms with E-state index < -0.39 is 0 Å². The van der Waals surface area contributed by atoms with Crippen molar-refractivity contribution in [3.8, 4) is 17.4 Å². The number of furan rings is 1. The van der Waals surface area contributed by atoms with E-state index in [1.165, 1.54) is 0 Å². The Hall–Kier alpha value is -4.11. The first kappa shape index (κ1) is 18.3. The molecule has 4 rings (SSSR count). The van der Waals surface area contributed by atoms with E-state index in [0.29, 0.717) is 17.3 Å². The molecule has 2 aromatic heterocycles. The van der Waals surface area contributed by atoms with Crippen molar-refractivity contribution in [3.63, 3.8) is 0 Å². The molecule has 2 heterocycles. The Bertz CT molecular complexity index is 1150. The lowest BCUT2D eigenvalue weighted by atomic mass is 10.0. The van der Waals surface area contributed by atoms with Gasteiger partial charge >= 0.3 is 0 Å². The molecule has 0 unspecified atom stereocenters. The quantitative estimate of drug-likeness (QED) is 0.460. The molecule has 0 saturated carbocycles. The molecule has 0 atom stereocenters. The standard InChI is InChI=1S/C23H19N5O/c1-15-12-18(20-4-3-11-29-20)13-16(2)22(15)27-21-9-10-25-23(28-21)26-19-7-5-17(14-24)6-8-19/h3-13H,1-2H3,(H2,25,26,27,28). The summed E-state index contributed by atoms with van der Waals surface area (Å²) < 4.78 is 5.51. The Balaban J connectivity index is 1.55. The fraction of sp³-hybridized carbons (Fsp3) is 0.0870. The van der Waals surface area contributed by atoms with Crippen molar-refractivity contribution in [1.82, 2.24) is 9.97 Å². The third kappa shape index (κ3) is 4.09. The molecule has 0 aliphatic heterocycles. The average molecular weight is 381 g/mol. The third-order valence-corrected chi connectivity index (χ3v) is 4.52. The van der Waals surface area contributed by atoms with Gasteiger partial charge in [0.25, 0.3) is 0 Å². The first-order valence-corrected chi connectivity index (χ1v) is 9.15. The molecule has 2 aromatic carbocycles. The molecule has 29 heavy (non-hydrogen) atoms. The Morgan fingerprint density at radius 2 is 1.72 bits per heavy atom. The molecule has 0 bridgehead atoms. The second kappa shape index (κ2) is 7.87. The molecular weight excluding hydrogens is 362 g/mol. The second-order valence-electron chi connectivity index (χ2n) is 6.67. The fourth-order valence-electron chi connectivity index (χ4n) is 3.12. The zero-order valence-corrected chi connectivity index (χ0v) is 16.1. The zero-order valence-electron chi connectivity index (χ0n) is 16.1. The fourth-order valence-corrected chi connectivity index (χ4v) is 3.12. The van der Waals surface area contributed by atoms with Gasteiger partial charge in [-0.25, -0.2) is 4.98 Å².